The van der Waals surface area contributed by atoms with Gasteiger partial charge in [-0.05, 0) is 37.6 Å². The maximum atomic E-state index is 13.5. The molecule has 9 nitrogen and oxygen atoms in total. The standard InChI is InChI=1S/C22H23F3N6O3/c1-11(9-33-3)31(8-13-4-5-18(30-29-13)22(23,24)25)21(32)16-6-14-15-10-34-12(2)19(15)20(26)28-17(14)7-27-16/h4-7,11-12H,8-10H2,1-3H3,(H2,26,28)/t11?,12-/m1/s1. The highest BCUT2D eigenvalue weighted by Gasteiger charge is 2.33. The first-order valence-corrected chi connectivity index (χ1v) is 10.5. The minimum atomic E-state index is -4.60. The van der Waals surface area contributed by atoms with Crippen molar-refractivity contribution < 1.29 is 27.4 Å². The van der Waals surface area contributed by atoms with Gasteiger partial charge in [-0.2, -0.15) is 18.3 Å². The number of pyridine rings is 2. The zero-order chi connectivity index (χ0) is 24.6. The number of halogens is 3. The monoisotopic (exact) mass is 476 g/mol. The van der Waals surface area contributed by atoms with Gasteiger partial charge in [0.2, 0.25) is 0 Å². The largest absolute Gasteiger partial charge is 0.435 e. The van der Waals surface area contributed by atoms with Crippen LogP contribution in [0.1, 0.15) is 53.0 Å². The molecule has 12 heteroatoms. The van der Waals surface area contributed by atoms with Gasteiger partial charge in [-0.15, -0.1) is 5.10 Å². The number of methoxy groups -OCH3 is 1. The highest BCUT2D eigenvalue weighted by atomic mass is 19.4. The molecule has 4 heterocycles. The van der Waals surface area contributed by atoms with Crippen molar-refractivity contribution in [3.05, 3.63) is 52.6 Å². The molecule has 2 N–H and O–H groups in total. The molecule has 4 rings (SSSR count). The lowest BCUT2D eigenvalue weighted by Crippen LogP contribution is -2.41. The summed E-state index contributed by atoms with van der Waals surface area (Å²) in [6, 6.07) is 3.25. The molecule has 34 heavy (non-hydrogen) atoms. The van der Waals surface area contributed by atoms with E-state index >= 15 is 0 Å². The predicted octanol–water partition coefficient (Wildman–Crippen LogP) is 3.29. The number of fused-ring (bicyclic) bond motifs is 3. The van der Waals surface area contributed by atoms with Gasteiger partial charge in [-0.1, -0.05) is 0 Å². The first-order chi connectivity index (χ1) is 16.1. The summed E-state index contributed by atoms with van der Waals surface area (Å²) < 4.78 is 49.3. The van der Waals surface area contributed by atoms with E-state index in [4.69, 9.17) is 15.2 Å². The lowest BCUT2D eigenvalue weighted by Gasteiger charge is -2.28. The van der Waals surface area contributed by atoms with Gasteiger partial charge in [-0.3, -0.25) is 4.79 Å². The summed E-state index contributed by atoms with van der Waals surface area (Å²) in [5.41, 5.74) is 7.50. The highest BCUT2D eigenvalue weighted by molar-refractivity contribution is 5.97. The second kappa shape index (κ2) is 9.11. The Morgan fingerprint density at radius 1 is 1.35 bits per heavy atom. The smallest absolute Gasteiger partial charge is 0.383 e. The highest BCUT2D eigenvalue weighted by Crippen LogP contribution is 2.38. The van der Waals surface area contributed by atoms with Gasteiger partial charge in [0.1, 0.15) is 11.5 Å². The third-order valence-corrected chi connectivity index (χ3v) is 5.70. The summed E-state index contributed by atoms with van der Waals surface area (Å²) >= 11 is 0. The van der Waals surface area contributed by atoms with Crippen LogP contribution in [0.3, 0.4) is 0 Å². The maximum Gasteiger partial charge on any atom is 0.435 e. The van der Waals surface area contributed by atoms with Gasteiger partial charge in [0.25, 0.3) is 5.91 Å². The van der Waals surface area contributed by atoms with E-state index in [0.717, 1.165) is 17.2 Å². The van der Waals surface area contributed by atoms with Gasteiger partial charge >= 0.3 is 6.18 Å². The number of ether oxygens (including phenoxy) is 2. The van der Waals surface area contributed by atoms with Gasteiger partial charge in [0, 0.05) is 18.1 Å². The molecule has 0 radical (unpaired) electrons. The molecule has 0 bridgehead atoms. The average Bonchev–Trinajstić information content (AvgIpc) is 3.19. The molecule has 0 aliphatic carbocycles. The number of rotatable bonds is 6. The van der Waals surface area contributed by atoms with E-state index in [9.17, 15) is 18.0 Å². The summed E-state index contributed by atoms with van der Waals surface area (Å²) in [6.45, 7) is 4.10. The molecule has 2 atom stereocenters. The van der Waals surface area contributed by atoms with Crippen LogP contribution in [0.5, 0.6) is 0 Å². The number of amides is 1. The van der Waals surface area contributed by atoms with Crippen LogP contribution >= 0.6 is 0 Å². The second-order valence-corrected chi connectivity index (χ2v) is 8.07. The molecule has 0 aromatic carbocycles. The fraction of sp³-hybridized carbons (Fsp3) is 0.409. The Morgan fingerprint density at radius 2 is 2.12 bits per heavy atom. The molecule has 3 aromatic rings. The Labute approximate surface area is 193 Å². The predicted molar refractivity (Wildman–Crippen MR) is 115 cm³/mol. The number of hydrogen-bond acceptors (Lipinski definition) is 8. The van der Waals surface area contributed by atoms with Crippen LogP contribution in [0.4, 0.5) is 19.0 Å². The van der Waals surface area contributed by atoms with E-state index in [2.05, 4.69) is 20.2 Å². The number of nitrogen functional groups attached to an aromatic ring is 1. The van der Waals surface area contributed by atoms with Crippen molar-refractivity contribution in [1.82, 2.24) is 25.1 Å². The van der Waals surface area contributed by atoms with Crippen LogP contribution in [0.25, 0.3) is 10.9 Å². The topological polar surface area (TPSA) is 116 Å². The maximum absolute atomic E-state index is 13.5. The van der Waals surface area contributed by atoms with E-state index in [0.29, 0.717) is 23.3 Å². The third kappa shape index (κ3) is 4.50. The number of carbonyl (C=O) groups excluding carboxylic acids is 1. The number of anilines is 1. The normalized spacial score (nSPS) is 16.5. The number of carbonyl (C=O) groups is 1. The van der Waals surface area contributed by atoms with Crippen LogP contribution in [0.2, 0.25) is 0 Å². The number of hydrogen-bond donors (Lipinski definition) is 1. The fourth-order valence-corrected chi connectivity index (χ4v) is 3.96. The summed E-state index contributed by atoms with van der Waals surface area (Å²) in [6.07, 6.45) is -3.34. The van der Waals surface area contributed by atoms with Crippen LogP contribution < -0.4 is 5.73 Å². The molecule has 1 aliphatic rings. The van der Waals surface area contributed by atoms with Crippen LogP contribution in [0, 0.1) is 0 Å². The fourth-order valence-electron chi connectivity index (χ4n) is 3.96. The van der Waals surface area contributed by atoms with Gasteiger partial charge < -0.3 is 20.1 Å². The zero-order valence-corrected chi connectivity index (χ0v) is 18.8. The van der Waals surface area contributed by atoms with E-state index in [-0.39, 0.29) is 30.6 Å². The van der Waals surface area contributed by atoms with Crippen LogP contribution in [0.15, 0.2) is 24.4 Å². The first kappa shape index (κ1) is 23.8. The molecule has 0 saturated heterocycles. The molecule has 1 unspecified atom stereocenters. The SMILES string of the molecule is COCC(C)N(Cc1ccc(C(F)(F)F)nn1)C(=O)c1cc2c3c(c(N)nc2cn1)[C@@H](C)OC3. The molecule has 180 valence electrons. The van der Waals surface area contributed by atoms with Crippen LogP contribution in [-0.4, -0.2) is 50.7 Å². The Hall–Kier alpha value is -3.38. The molecule has 1 amide bonds. The van der Waals surface area contributed by atoms with E-state index in [1.807, 2.05) is 6.92 Å². The second-order valence-electron chi connectivity index (χ2n) is 8.07. The van der Waals surface area contributed by atoms with Gasteiger partial charge in [0.15, 0.2) is 5.69 Å². The van der Waals surface area contributed by atoms with Crippen LogP contribution in [-0.2, 0) is 28.8 Å². The third-order valence-electron chi connectivity index (χ3n) is 5.70. The lowest BCUT2D eigenvalue weighted by atomic mass is 10.0. The quantitative estimate of drug-likeness (QED) is 0.576. The van der Waals surface area contributed by atoms with Crippen molar-refractivity contribution in [3.63, 3.8) is 0 Å². The minimum absolute atomic E-state index is 0.0769. The molecule has 3 aromatic heterocycles. The zero-order valence-electron chi connectivity index (χ0n) is 18.8. The summed E-state index contributed by atoms with van der Waals surface area (Å²) in [5, 5.41) is 7.60. The Kier molecular flexibility index (Phi) is 6.36. The number of aromatic nitrogens is 4. The average molecular weight is 476 g/mol. The van der Waals surface area contributed by atoms with Gasteiger partial charge in [0.05, 0.1) is 49.3 Å². The number of nitrogens with zero attached hydrogens (tertiary/aromatic N) is 5. The molecular weight excluding hydrogens is 453 g/mol. The van der Waals surface area contributed by atoms with Crippen molar-refractivity contribution >= 4 is 22.6 Å². The summed E-state index contributed by atoms with van der Waals surface area (Å²) in [7, 11) is 1.49. The van der Waals surface area contributed by atoms with E-state index in [1.54, 1.807) is 13.0 Å². The number of alkyl halides is 3. The Balaban J connectivity index is 1.68. The van der Waals surface area contributed by atoms with Crippen molar-refractivity contribution in [2.24, 2.45) is 0 Å². The number of nitrogens with two attached hydrogens (primary N) is 1. The van der Waals surface area contributed by atoms with Crippen molar-refractivity contribution in [3.8, 4) is 0 Å². The van der Waals surface area contributed by atoms with Gasteiger partial charge in [-0.25, -0.2) is 9.97 Å². The van der Waals surface area contributed by atoms with E-state index < -0.39 is 23.8 Å². The van der Waals surface area contributed by atoms with Crippen molar-refractivity contribution in [1.29, 1.82) is 0 Å². The Morgan fingerprint density at radius 3 is 2.76 bits per heavy atom. The first-order valence-electron chi connectivity index (χ1n) is 10.5. The Bertz CT molecular complexity index is 1220. The molecule has 0 spiro atoms. The molecule has 0 fully saturated rings. The molecule has 0 saturated carbocycles. The van der Waals surface area contributed by atoms with E-state index in [1.165, 1.54) is 24.3 Å². The molecule has 1 aliphatic heterocycles. The lowest BCUT2D eigenvalue weighted by molar-refractivity contribution is -0.141. The molecular formula is C22H23F3N6O3. The summed E-state index contributed by atoms with van der Waals surface area (Å²) in [5.74, 6) is -0.0738. The minimum Gasteiger partial charge on any atom is -0.383 e. The van der Waals surface area contributed by atoms with Crippen molar-refractivity contribution in [2.75, 3.05) is 19.5 Å². The van der Waals surface area contributed by atoms with Crippen molar-refractivity contribution in [2.45, 2.75) is 45.3 Å². The summed E-state index contributed by atoms with van der Waals surface area (Å²) in [4.78, 5) is 23.6.